The molecular weight excluding hydrogens is 981 g/mol. The number of piperidine rings is 1. The van der Waals surface area contributed by atoms with E-state index in [1.165, 1.54) is 35.7 Å². The molecule has 2 saturated heterocycles. The molecule has 7 atom stereocenters. The summed E-state index contributed by atoms with van der Waals surface area (Å²) in [5.74, 6) is -4.00. The van der Waals surface area contributed by atoms with E-state index < -0.39 is 89.2 Å². The summed E-state index contributed by atoms with van der Waals surface area (Å²) in [7, 11) is 3.03. The fraction of sp³-hybridized carbons (Fsp3) is 0.569. The van der Waals surface area contributed by atoms with Crippen molar-refractivity contribution in [3.05, 3.63) is 78.6 Å². The highest BCUT2D eigenvalue weighted by Crippen LogP contribution is 2.33. The van der Waals surface area contributed by atoms with Gasteiger partial charge in [-0.25, -0.2) is 4.98 Å². The van der Waals surface area contributed by atoms with Crippen molar-refractivity contribution in [3.63, 3.8) is 0 Å². The molecule has 77 heavy (non-hydrogen) atoms. The van der Waals surface area contributed by atoms with E-state index in [2.05, 4.69) is 42.4 Å². The SMILES string of the molecule is C=CC(C)(C)n1cc(C[C@@H]2NC(=O)C(CC3CCC3)NC(=O)[C@H](CC(C)C)N3CCC[C@@H](C3=O)N(C)C(=O)[C@H](C)NC(=O)[C@H](Cc3ccc4cnc(OCCO)nc4c3)NC(=O)[C@H](CC(C)C)N(C)C2=O)c2ccccc21. The Hall–Kier alpha value is -6.89. The molecule has 2 aliphatic heterocycles. The van der Waals surface area contributed by atoms with Gasteiger partial charge in [0.05, 0.1) is 17.7 Å². The van der Waals surface area contributed by atoms with Crippen LogP contribution in [0.4, 0.5) is 0 Å². The van der Waals surface area contributed by atoms with E-state index >= 15 is 14.4 Å². The maximum absolute atomic E-state index is 15.5. The van der Waals surface area contributed by atoms with Gasteiger partial charge in [-0.15, -0.1) is 6.58 Å². The van der Waals surface area contributed by atoms with Gasteiger partial charge in [0.1, 0.15) is 48.9 Å². The zero-order valence-corrected chi connectivity index (χ0v) is 46.3. The van der Waals surface area contributed by atoms with Crippen LogP contribution in [-0.4, -0.2) is 152 Å². The summed E-state index contributed by atoms with van der Waals surface area (Å²) < 4.78 is 7.54. The number of aromatic nitrogens is 3. The van der Waals surface area contributed by atoms with Crippen molar-refractivity contribution in [3.8, 4) is 6.01 Å². The molecule has 0 radical (unpaired) electrons. The number of amides is 7. The average Bonchev–Trinajstić information content (AvgIpc) is 3.76. The molecule has 7 amide bonds. The molecule has 2 aromatic heterocycles. The van der Waals surface area contributed by atoms with Crippen LogP contribution < -0.4 is 26.0 Å². The van der Waals surface area contributed by atoms with Gasteiger partial charge in [-0.1, -0.05) is 83.4 Å². The number of hydrogen-bond donors (Lipinski definition) is 5. The van der Waals surface area contributed by atoms with Gasteiger partial charge in [-0.3, -0.25) is 33.6 Å². The minimum absolute atomic E-state index is 0.0120. The number of ether oxygens (including phenoxy) is 1. The first-order valence-electron chi connectivity index (χ1n) is 27.4. The maximum Gasteiger partial charge on any atom is 0.316 e. The zero-order chi connectivity index (χ0) is 55.9. The van der Waals surface area contributed by atoms with Crippen LogP contribution in [0.2, 0.25) is 0 Å². The summed E-state index contributed by atoms with van der Waals surface area (Å²) in [5.41, 5.74) is 2.17. The summed E-state index contributed by atoms with van der Waals surface area (Å²) in [6.45, 7) is 17.4. The van der Waals surface area contributed by atoms with E-state index in [4.69, 9.17) is 4.74 Å². The third kappa shape index (κ3) is 13.6. The summed E-state index contributed by atoms with van der Waals surface area (Å²) in [6, 6.07) is 5.22. The van der Waals surface area contributed by atoms with Crippen LogP contribution in [0.5, 0.6) is 6.01 Å². The lowest BCUT2D eigenvalue weighted by molar-refractivity contribution is -0.153. The Morgan fingerprint density at radius 3 is 2.12 bits per heavy atom. The van der Waals surface area contributed by atoms with Crippen molar-refractivity contribution in [2.24, 2.45) is 17.8 Å². The molecule has 7 rings (SSSR count). The summed E-state index contributed by atoms with van der Waals surface area (Å²) >= 11 is 0. The van der Waals surface area contributed by atoms with Crippen LogP contribution in [-0.2, 0) is 51.9 Å². The fourth-order valence-electron chi connectivity index (χ4n) is 10.8. The number of para-hydroxylation sites is 1. The quantitative estimate of drug-likeness (QED) is 0.104. The number of carbonyl (C=O) groups is 7. The van der Waals surface area contributed by atoms with Crippen LogP contribution in [0.15, 0.2) is 67.5 Å². The Bertz CT molecular complexity index is 2820. The third-order valence-corrected chi connectivity index (χ3v) is 15.6. The predicted octanol–water partition coefficient (Wildman–Crippen LogP) is 4.56. The molecule has 1 aliphatic carbocycles. The molecule has 1 unspecified atom stereocenters. The van der Waals surface area contributed by atoms with Crippen molar-refractivity contribution >= 4 is 63.2 Å². The number of nitrogens with zero attached hydrogens (tertiary/aromatic N) is 6. The number of fused-ring (bicyclic) bond motifs is 4. The first-order chi connectivity index (χ1) is 36.6. The van der Waals surface area contributed by atoms with Gasteiger partial charge in [0.15, 0.2) is 0 Å². The van der Waals surface area contributed by atoms with E-state index in [-0.39, 0.29) is 69.2 Å². The minimum Gasteiger partial charge on any atom is -0.461 e. The number of hydrogen-bond acceptors (Lipinski definition) is 11. The third-order valence-electron chi connectivity index (χ3n) is 15.6. The minimum atomic E-state index is -1.30. The highest BCUT2D eigenvalue weighted by Gasteiger charge is 2.43. The van der Waals surface area contributed by atoms with Gasteiger partial charge < -0.3 is 50.4 Å². The molecule has 3 fully saturated rings. The second-order valence-corrected chi connectivity index (χ2v) is 22.8. The molecule has 416 valence electrons. The van der Waals surface area contributed by atoms with Crippen LogP contribution >= 0.6 is 0 Å². The molecule has 4 heterocycles. The second kappa shape index (κ2) is 25.1. The molecule has 2 bridgehead atoms. The Morgan fingerprint density at radius 1 is 0.779 bits per heavy atom. The van der Waals surface area contributed by atoms with E-state index in [0.717, 1.165) is 35.7 Å². The van der Waals surface area contributed by atoms with Crippen LogP contribution in [0.3, 0.4) is 0 Å². The van der Waals surface area contributed by atoms with E-state index in [0.29, 0.717) is 35.7 Å². The topological polar surface area (TPSA) is 237 Å². The zero-order valence-electron chi connectivity index (χ0n) is 46.3. The van der Waals surface area contributed by atoms with Crippen molar-refractivity contribution < 1.29 is 43.4 Å². The fourth-order valence-corrected chi connectivity index (χ4v) is 10.8. The van der Waals surface area contributed by atoms with Crippen molar-refractivity contribution in [1.82, 2.24) is 50.5 Å². The summed E-state index contributed by atoms with van der Waals surface area (Å²) in [6.07, 6.45) is 9.59. The van der Waals surface area contributed by atoms with E-state index in [1.807, 2.05) is 78.1 Å². The first kappa shape index (κ1) is 57.8. The lowest BCUT2D eigenvalue weighted by Crippen LogP contribution is -2.62. The molecule has 4 aromatic rings. The average molecular weight is 1060 g/mol. The number of nitrogens with one attached hydrogen (secondary N) is 4. The van der Waals surface area contributed by atoms with E-state index in [9.17, 15) is 24.3 Å². The molecule has 0 spiro atoms. The first-order valence-corrected chi connectivity index (χ1v) is 27.4. The Balaban J connectivity index is 1.33. The number of benzene rings is 2. The lowest BCUT2D eigenvalue weighted by Gasteiger charge is -2.41. The normalized spacial score (nSPS) is 24.1. The van der Waals surface area contributed by atoms with Gasteiger partial charge in [-0.05, 0) is 93.9 Å². The molecule has 2 aromatic carbocycles. The lowest BCUT2D eigenvalue weighted by atomic mass is 9.80. The molecule has 19 nitrogen and oxygen atoms in total. The van der Waals surface area contributed by atoms with Gasteiger partial charge >= 0.3 is 6.01 Å². The molecule has 1 saturated carbocycles. The van der Waals surface area contributed by atoms with Gasteiger partial charge in [0.25, 0.3) is 0 Å². The van der Waals surface area contributed by atoms with Crippen LogP contribution in [0.25, 0.3) is 21.8 Å². The van der Waals surface area contributed by atoms with Gasteiger partial charge in [0, 0.05) is 62.2 Å². The largest absolute Gasteiger partial charge is 0.461 e. The highest BCUT2D eigenvalue weighted by atomic mass is 16.5. The predicted molar refractivity (Wildman–Crippen MR) is 293 cm³/mol. The smallest absolute Gasteiger partial charge is 0.316 e. The maximum atomic E-state index is 15.5. The Kier molecular flexibility index (Phi) is 18.8. The summed E-state index contributed by atoms with van der Waals surface area (Å²) in [4.78, 5) is 117. The molecule has 5 N–H and O–H groups in total. The number of aliphatic hydroxyl groups excluding tert-OH is 1. The number of likely N-dealkylation sites (N-methyl/N-ethyl adjacent to an activating group) is 2. The van der Waals surface area contributed by atoms with Crippen molar-refractivity contribution in [1.29, 1.82) is 0 Å². The van der Waals surface area contributed by atoms with Crippen molar-refractivity contribution in [2.75, 3.05) is 33.9 Å². The standard InChI is InChI=1S/C58H80N10O9/c1-11-58(7,8)68-33-40(41-18-12-13-19-46(41)68)31-45-55(75)66(10)48(26-34(2)3)52(72)61-44(30-38-21-22-39-32-59-57(77-25-24-69)64-42(39)29-38)50(70)60-36(6)54(74)65(9)47-20-15-23-67(56(47)76)49(27-35(4)5)53(73)62-43(51(71)63-45)28-37-16-14-17-37/h11-13,18-19,21-22,29,32-37,43-45,47-49,69H,1,14-17,20,23-28,30-31H2,2-10H3,(H,60,70)(H,61,72)(H,62,73)(H,63,71)/t36-,43?,44-,45-,47-,48-,49-/m0/s1. The molecule has 19 heteroatoms. The van der Waals surface area contributed by atoms with Crippen LogP contribution in [0, 0.1) is 17.8 Å². The number of aliphatic hydroxyl groups is 1. The van der Waals surface area contributed by atoms with Crippen LogP contribution in [0.1, 0.15) is 111 Å². The molecular formula is C58H80N10O9. The number of carbonyl (C=O) groups excluding carboxylic acids is 7. The van der Waals surface area contributed by atoms with E-state index in [1.54, 1.807) is 24.4 Å². The number of allylic oxidation sites excluding steroid dienone is 1. The number of rotatable bonds is 15. The Labute approximate surface area is 452 Å². The van der Waals surface area contributed by atoms with Gasteiger partial charge in [-0.2, -0.15) is 4.98 Å². The molecule has 3 aliphatic rings. The summed E-state index contributed by atoms with van der Waals surface area (Å²) in [5, 5.41) is 22.8. The monoisotopic (exact) mass is 1060 g/mol. The van der Waals surface area contributed by atoms with Gasteiger partial charge in [0.2, 0.25) is 41.4 Å². The highest BCUT2D eigenvalue weighted by molar-refractivity contribution is 5.99. The van der Waals surface area contributed by atoms with Crippen molar-refractivity contribution in [2.45, 2.75) is 161 Å². The second-order valence-electron chi connectivity index (χ2n) is 22.8. The Morgan fingerprint density at radius 2 is 1.44 bits per heavy atom.